The summed E-state index contributed by atoms with van der Waals surface area (Å²) in [6.07, 6.45) is 7.08. The first-order chi connectivity index (χ1) is 7.62. The van der Waals surface area contributed by atoms with Gasteiger partial charge in [0.25, 0.3) is 0 Å². The number of benzene rings is 1. The summed E-state index contributed by atoms with van der Waals surface area (Å²) in [5.41, 5.74) is 3.86. The molecule has 0 spiro atoms. The standard InChI is InChI=1S/C14H16O2/c1-4-10-7-11(5-2)13(9-14(15)16)12(6-3)8-10/h1,7-8H,5-6,9H2,2-3H3,(H,15,16). The van der Waals surface area contributed by atoms with Crippen LogP contribution < -0.4 is 0 Å². The summed E-state index contributed by atoms with van der Waals surface area (Å²) in [5.74, 6) is 1.82. The SMILES string of the molecule is C#Cc1cc(CC)c(CC(=O)O)c(CC)c1. The fraction of sp³-hybridized carbons (Fsp3) is 0.357. The summed E-state index contributed by atoms with van der Waals surface area (Å²) >= 11 is 0. The molecule has 1 N–H and O–H groups in total. The Hall–Kier alpha value is -1.75. The van der Waals surface area contributed by atoms with E-state index in [4.69, 9.17) is 11.5 Å². The third-order valence-electron chi connectivity index (χ3n) is 2.69. The molecule has 0 aliphatic heterocycles. The fourth-order valence-corrected chi connectivity index (χ4v) is 1.89. The Morgan fingerprint density at radius 1 is 1.31 bits per heavy atom. The molecule has 1 aromatic carbocycles. The number of aryl methyl sites for hydroxylation is 2. The van der Waals surface area contributed by atoms with E-state index < -0.39 is 5.97 Å². The zero-order chi connectivity index (χ0) is 12.1. The Balaban J connectivity index is 3.32. The lowest BCUT2D eigenvalue weighted by Gasteiger charge is -2.12. The molecule has 0 unspecified atom stereocenters. The van der Waals surface area contributed by atoms with Gasteiger partial charge in [-0.3, -0.25) is 4.79 Å². The van der Waals surface area contributed by atoms with Crippen molar-refractivity contribution in [1.82, 2.24) is 0 Å². The van der Waals surface area contributed by atoms with Crippen molar-refractivity contribution in [1.29, 1.82) is 0 Å². The molecule has 0 aromatic heterocycles. The lowest BCUT2D eigenvalue weighted by molar-refractivity contribution is -0.136. The van der Waals surface area contributed by atoms with Crippen LogP contribution in [0.4, 0.5) is 0 Å². The Morgan fingerprint density at radius 2 is 1.81 bits per heavy atom. The topological polar surface area (TPSA) is 37.3 Å². The second-order valence-electron chi connectivity index (χ2n) is 3.70. The van der Waals surface area contributed by atoms with E-state index in [1.807, 2.05) is 26.0 Å². The molecule has 0 heterocycles. The van der Waals surface area contributed by atoms with E-state index in [2.05, 4.69) is 5.92 Å². The normalized spacial score (nSPS) is 9.81. The summed E-state index contributed by atoms with van der Waals surface area (Å²) in [7, 11) is 0. The van der Waals surface area contributed by atoms with Crippen LogP contribution in [0, 0.1) is 12.3 Å². The van der Waals surface area contributed by atoms with Gasteiger partial charge in [0.2, 0.25) is 0 Å². The zero-order valence-electron chi connectivity index (χ0n) is 9.71. The van der Waals surface area contributed by atoms with Crippen molar-refractivity contribution in [2.45, 2.75) is 33.1 Å². The molecular formula is C14H16O2. The Morgan fingerprint density at radius 3 is 2.12 bits per heavy atom. The molecule has 16 heavy (non-hydrogen) atoms. The van der Waals surface area contributed by atoms with Crippen LogP contribution >= 0.6 is 0 Å². The van der Waals surface area contributed by atoms with Gasteiger partial charge in [-0.25, -0.2) is 0 Å². The first-order valence-electron chi connectivity index (χ1n) is 5.45. The molecular weight excluding hydrogens is 200 g/mol. The third-order valence-corrected chi connectivity index (χ3v) is 2.69. The summed E-state index contributed by atoms with van der Waals surface area (Å²) in [6, 6.07) is 3.83. The second-order valence-corrected chi connectivity index (χ2v) is 3.70. The van der Waals surface area contributed by atoms with Gasteiger partial charge in [0.05, 0.1) is 6.42 Å². The predicted molar refractivity (Wildman–Crippen MR) is 64.5 cm³/mol. The number of hydrogen-bond acceptors (Lipinski definition) is 1. The van der Waals surface area contributed by atoms with E-state index in [0.29, 0.717) is 0 Å². The Labute approximate surface area is 96.3 Å². The van der Waals surface area contributed by atoms with Gasteiger partial charge in [-0.15, -0.1) is 6.42 Å². The largest absolute Gasteiger partial charge is 0.481 e. The molecule has 0 aliphatic rings. The molecule has 0 radical (unpaired) electrons. The van der Waals surface area contributed by atoms with Crippen molar-refractivity contribution in [2.75, 3.05) is 0 Å². The molecule has 84 valence electrons. The van der Waals surface area contributed by atoms with Crippen molar-refractivity contribution in [2.24, 2.45) is 0 Å². The number of rotatable bonds is 4. The average Bonchev–Trinajstić information content (AvgIpc) is 2.28. The van der Waals surface area contributed by atoms with Gasteiger partial charge in [0, 0.05) is 5.56 Å². The molecule has 0 amide bonds. The molecule has 0 bridgehead atoms. The molecule has 0 saturated heterocycles. The summed E-state index contributed by atoms with van der Waals surface area (Å²) < 4.78 is 0. The van der Waals surface area contributed by atoms with Crippen molar-refractivity contribution in [3.8, 4) is 12.3 Å². The number of carbonyl (C=O) groups is 1. The Kier molecular flexibility index (Phi) is 4.13. The van der Waals surface area contributed by atoms with Gasteiger partial charge in [0.15, 0.2) is 0 Å². The van der Waals surface area contributed by atoms with Gasteiger partial charge < -0.3 is 5.11 Å². The minimum atomic E-state index is -0.794. The van der Waals surface area contributed by atoms with Crippen LogP contribution in [0.1, 0.15) is 36.1 Å². The number of carboxylic acids is 1. The zero-order valence-corrected chi connectivity index (χ0v) is 9.71. The highest BCUT2D eigenvalue weighted by Gasteiger charge is 2.11. The van der Waals surface area contributed by atoms with Crippen LogP contribution in [0.3, 0.4) is 0 Å². The maximum Gasteiger partial charge on any atom is 0.307 e. The lowest BCUT2D eigenvalue weighted by Crippen LogP contribution is -2.07. The smallest absolute Gasteiger partial charge is 0.307 e. The molecule has 1 rings (SSSR count). The van der Waals surface area contributed by atoms with E-state index in [-0.39, 0.29) is 6.42 Å². The van der Waals surface area contributed by atoms with Crippen LogP contribution in [0.2, 0.25) is 0 Å². The molecule has 0 atom stereocenters. The monoisotopic (exact) mass is 216 g/mol. The highest BCUT2D eigenvalue weighted by Crippen LogP contribution is 2.20. The summed E-state index contributed by atoms with van der Waals surface area (Å²) in [6.45, 7) is 4.03. The average molecular weight is 216 g/mol. The molecule has 0 fully saturated rings. The molecule has 2 heteroatoms. The van der Waals surface area contributed by atoms with Gasteiger partial charge in [-0.2, -0.15) is 0 Å². The van der Waals surface area contributed by atoms with Crippen LogP contribution in [0.25, 0.3) is 0 Å². The molecule has 1 aromatic rings. The first-order valence-corrected chi connectivity index (χ1v) is 5.45. The number of carboxylic acid groups (broad SMARTS) is 1. The minimum absolute atomic E-state index is 0.0806. The fourth-order valence-electron chi connectivity index (χ4n) is 1.89. The number of terminal acetylenes is 1. The maximum atomic E-state index is 10.8. The van der Waals surface area contributed by atoms with E-state index in [1.165, 1.54) is 0 Å². The lowest BCUT2D eigenvalue weighted by atomic mass is 9.93. The minimum Gasteiger partial charge on any atom is -0.481 e. The number of hydrogen-bond donors (Lipinski definition) is 1. The van der Waals surface area contributed by atoms with Crippen LogP contribution in [0.15, 0.2) is 12.1 Å². The van der Waals surface area contributed by atoms with Crippen molar-refractivity contribution < 1.29 is 9.90 Å². The van der Waals surface area contributed by atoms with E-state index in [9.17, 15) is 4.79 Å². The van der Waals surface area contributed by atoms with Crippen molar-refractivity contribution >= 4 is 5.97 Å². The van der Waals surface area contributed by atoms with E-state index in [1.54, 1.807) is 0 Å². The maximum absolute atomic E-state index is 10.8. The third kappa shape index (κ3) is 2.64. The van der Waals surface area contributed by atoms with Gasteiger partial charge in [-0.05, 0) is 41.7 Å². The van der Waals surface area contributed by atoms with E-state index in [0.717, 1.165) is 35.1 Å². The quantitative estimate of drug-likeness (QED) is 0.785. The molecule has 0 aliphatic carbocycles. The predicted octanol–water partition coefficient (Wildman–Crippen LogP) is 2.42. The summed E-state index contributed by atoms with van der Waals surface area (Å²) in [4.78, 5) is 10.8. The van der Waals surface area contributed by atoms with E-state index >= 15 is 0 Å². The first kappa shape index (κ1) is 12.3. The van der Waals surface area contributed by atoms with Gasteiger partial charge in [0.1, 0.15) is 0 Å². The molecule has 0 saturated carbocycles. The van der Waals surface area contributed by atoms with Crippen molar-refractivity contribution in [3.63, 3.8) is 0 Å². The highest BCUT2D eigenvalue weighted by molar-refractivity contribution is 5.71. The van der Waals surface area contributed by atoms with Crippen LogP contribution in [-0.2, 0) is 24.1 Å². The van der Waals surface area contributed by atoms with Crippen LogP contribution in [-0.4, -0.2) is 11.1 Å². The second kappa shape index (κ2) is 5.37. The van der Waals surface area contributed by atoms with Gasteiger partial charge in [-0.1, -0.05) is 19.8 Å². The summed E-state index contributed by atoms with van der Waals surface area (Å²) in [5, 5.41) is 8.89. The molecule has 2 nitrogen and oxygen atoms in total. The van der Waals surface area contributed by atoms with Crippen molar-refractivity contribution in [3.05, 3.63) is 34.4 Å². The number of aliphatic carboxylic acids is 1. The van der Waals surface area contributed by atoms with Crippen LogP contribution in [0.5, 0.6) is 0 Å². The highest BCUT2D eigenvalue weighted by atomic mass is 16.4. The Bertz CT molecular complexity index is 414. The van der Waals surface area contributed by atoms with Gasteiger partial charge >= 0.3 is 5.97 Å².